The van der Waals surface area contributed by atoms with Crippen molar-refractivity contribution in [2.24, 2.45) is 28.6 Å². The lowest BCUT2D eigenvalue weighted by Gasteiger charge is -2.57. The van der Waals surface area contributed by atoms with Crippen molar-refractivity contribution in [3.8, 4) is 12.3 Å². The molecule has 23 heavy (non-hydrogen) atoms. The highest BCUT2D eigenvalue weighted by atomic mass is 16.3. The summed E-state index contributed by atoms with van der Waals surface area (Å²) in [6.07, 6.45) is 15.6. The van der Waals surface area contributed by atoms with Crippen LogP contribution in [-0.4, -0.2) is 16.5 Å². The number of allylic oxidation sites excluding steroid dienone is 2. The molecule has 0 radical (unpaired) electrons. The van der Waals surface area contributed by atoms with Crippen molar-refractivity contribution in [3.63, 3.8) is 0 Å². The number of terminal acetylenes is 1. The van der Waals surface area contributed by atoms with E-state index in [-0.39, 0.29) is 10.8 Å². The maximum absolute atomic E-state index is 11.9. The lowest BCUT2D eigenvalue weighted by Crippen LogP contribution is -2.54. The SMILES string of the molecule is C#CC1(O)CC[C@H]2[C@@H]3CC=C4CC(=O)CC[C@]4(C)[C@@H]3CC[C@@]21C. The average molecular weight is 312 g/mol. The van der Waals surface area contributed by atoms with Crippen molar-refractivity contribution < 1.29 is 9.90 Å². The van der Waals surface area contributed by atoms with Crippen LogP contribution >= 0.6 is 0 Å². The Labute approximate surface area is 139 Å². The van der Waals surface area contributed by atoms with Gasteiger partial charge < -0.3 is 5.11 Å². The zero-order chi connectivity index (χ0) is 16.5. The van der Waals surface area contributed by atoms with E-state index in [1.165, 1.54) is 5.57 Å². The van der Waals surface area contributed by atoms with Crippen molar-refractivity contribution in [3.05, 3.63) is 11.6 Å². The normalized spacial score (nSPS) is 52.0. The summed E-state index contributed by atoms with van der Waals surface area (Å²) >= 11 is 0. The van der Waals surface area contributed by atoms with Gasteiger partial charge in [0.1, 0.15) is 11.4 Å². The lowest BCUT2D eigenvalue weighted by atomic mass is 9.47. The highest BCUT2D eigenvalue weighted by Gasteiger charge is 2.63. The van der Waals surface area contributed by atoms with Crippen molar-refractivity contribution in [1.82, 2.24) is 0 Å². The molecule has 4 aliphatic carbocycles. The smallest absolute Gasteiger partial charge is 0.136 e. The summed E-state index contributed by atoms with van der Waals surface area (Å²) in [5, 5.41) is 11.0. The molecular weight excluding hydrogens is 284 g/mol. The van der Waals surface area contributed by atoms with Gasteiger partial charge in [0, 0.05) is 18.3 Å². The summed E-state index contributed by atoms with van der Waals surface area (Å²) in [6.45, 7) is 4.62. The molecule has 1 N–H and O–H groups in total. The van der Waals surface area contributed by atoms with E-state index in [1.807, 2.05) is 0 Å². The first-order valence-corrected chi connectivity index (χ1v) is 9.25. The number of aliphatic hydroxyl groups is 1. The fourth-order valence-corrected chi connectivity index (χ4v) is 6.73. The van der Waals surface area contributed by atoms with E-state index in [0.717, 1.165) is 44.9 Å². The number of fused-ring (bicyclic) bond motifs is 5. The summed E-state index contributed by atoms with van der Waals surface area (Å²) in [5.41, 5.74) is 0.559. The van der Waals surface area contributed by atoms with Crippen molar-refractivity contribution >= 4 is 5.78 Å². The van der Waals surface area contributed by atoms with Gasteiger partial charge in [-0.05, 0) is 61.7 Å². The first kappa shape index (κ1) is 15.5. The molecule has 0 aliphatic heterocycles. The van der Waals surface area contributed by atoms with Crippen LogP contribution in [0.1, 0.15) is 65.2 Å². The van der Waals surface area contributed by atoms with Gasteiger partial charge in [-0.25, -0.2) is 0 Å². The van der Waals surface area contributed by atoms with E-state index in [0.29, 0.717) is 30.0 Å². The third kappa shape index (κ3) is 1.84. The Morgan fingerprint density at radius 1 is 1.22 bits per heavy atom. The minimum Gasteiger partial charge on any atom is -0.377 e. The predicted molar refractivity (Wildman–Crippen MR) is 90.5 cm³/mol. The Hall–Kier alpha value is -1.07. The molecule has 0 amide bonds. The molecule has 4 rings (SSSR count). The van der Waals surface area contributed by atoms with E-state index >= 15 is 0 Å². The molecule has 4 aliphatic rings. The molecule has 124 valence electrons. The Balaban J connectivity index is 1.71. The molecule has 0 aromatic heterocycles. The van der Waals surface area contributed by atoms with Crippen LogP contribution in [0.5, 0.6) is 0 Å². The highest BCUT2D eigenvalue weighted by molar-refractivity contribution is 5.82. The minimum absolute atomic E-state index is 0.130. The van der Waals surface area contributed by atoms with Gasteiger partial charge in [0.05, 0.1) is 0 Å². The minimum atomic E-state index is -0.921. The summed E-state index contributed by atoms with van der Waals surface area (Å²) in [5.74, 6) is 4.96. The first-order chi connectivity index (χ1) is 10.8. The number of carbonyl (C=O) groups is 1. The zero-order valence-corrected chi connectivity index (χ0v) is 14.4. The number of ketones is 1. The predicted octanol–water partition coefficient (Wildman–Crippen LogP) is 3.88. The third-order valence-corrected chi connectivity index (χ3v) is 8.33. The maximum atomic E-state index is 11.9. The molecule has 2 heteroatoms. The second-order valence-corrected chi connectivity index (χ2v) is 8.97. The first-order valence-electron chi connectivity index (χ1n) is 9.25. The number of carbonyl (C=O) groups excluding carboxylic acids is 1. The molecule has 0 heterocycles. The summed E-state index contributed by atoms with van der Waals surface area (Å²) in [4.78, 5) is 11.9. The lowest BCUT2D eigenvalue weighted by molar-refractivity contribution is -0.123. The number of rotatable bonds is 0. The van der Waals surface area contributed by atoms with E-state index in [4.69, 9.17) is 6.42 Å². The Morgan fingerprint density at radius 2 is 1.96 bits per heavy atom. The highest BCUT2D eigenvalue weighted by Crippen LogP contribution is 2.66. The van der Waals surface area contributed by atoms with Crippen molar-refractivity contribution in [2.75, 3.05) is 0 Å². The largest absolute Gasteiger partial charge is 0.377 e. The fourth-order valence-electron chi connectivity index (χ4n) is 6.73. The van der Waals surface area contributed by atoms with E-state index < -0.39 is 5.60 Å². The van der Waals surface area contributed by atoms with E-state index in [1.54, 1.807) is 0 Å². The monoisotopic (exact) mass is 312 g/mol. The van der Waals surface area contributed by atoms with E-state index in [9.17, 15) is 9.90 Å². The number of hydrogen-bond acceptors (Lipinski definition) is 2. The van der Waals surface area contributed by atoms with E-state index in [2.05, 4.69) is 25.8 Å². The van der Waals surface area contributed by atoms with Crippen LogP contribution in [-0.2, 0) is 4.79 Å². The van der Waals surface area contributed by atoms with Gasteiger partial charge in [-0.3, -0.25) is 4.79 Å². The summed E-state index contributed by atoms with van der Waals surface area (Å²) in [6, 6.07) is 0. The molecule has 2 nitrogen and oxygen atoms in total. The van der Waals surface area contributed by atoms with Crippen LogP contribution in [0.15, 0.2) is 11.6 Å². The van der Waals surface area contributed by atoms with Gasteiger partial charge in [0.15, 0.2) is 0 Å². The fraction of sp³-hybridized carbons (Fsp3) is 0.762. The Morgan fingerprint density at radius 3 is 2.70 bits per heavy atom. The van der Waals surface area contributed by atoms with Gasteiger partial charge in [-0.15, -0.1) is 6.42 Å². The standard InChI is InChI=1S/C21H28O2/c1-4-21(23)12-9-18-16-6-5-14-13-15(22)7-10-19(14,2)17(16)8-11-20(18,21)3/h1,5,16-18,23H,6-13H2,2-3H3/t16-,17-,18+,19+,20+,21?/m1/s1. The molecule has 3 fully saturated rings. The molecule has 0 saturated heterocycles. The molecule has 1 unspecified atom stereocenters. The molecule has 3 saturated carbocycles. The Kier molecular flexibility index (Phi) is 3.18. The molecule has 0 aromatic rings. The van der Waals surface area contributed by atoms with Gasteiger partial charge >= 0.3 is 0 Å². The Bertz CT molecular complexity index is 626. The van der Waals surface area contributed by atoms with Crippen molar-refractivity contribution in [2.45, 2.75) is 70.8 Å². The molecule has 0 bridgehead atoms. The molecule has 0 spiro atoms. The number of Topliss-reactive ketones (excluding diaryl/α,β-unsaturated/α-hetero) is 1. The third-order valence-electron chi connectivity index (χ3n) is 8.33. The summed E-state index contributed by atoms with van der Waals surface area (Å²) in [7, 11) is 0. The van der Waals surface area contributed by atoms with Gasteiger partial charge in [-0.2, -0.15) is 0 Å². The van der Waals surface area contributed by atoms with Crippen LogP contribution in [0, 0.1) is 40.9 Å². The average Bonchev–Trinajstić information content (AvgIpc) is 2.80. The van der Waals surface area contributed by atoms with Crippen LogP contribution in [0.2, 0.25) is 0 Å². The van der Waals surface area contributed by atoms with Crippen LogP contribution < -0.4 is 0 Å². The second kappa shape index (κ2) is 4.73. The van der Waals surface area contributed by atoms with Gasteiger partial charge in [0.25, 0.3) is 0 Å². The quantitative estimate of drug-likeness (QED) is 0.544. The zero-order valence-electron chi connectivity index (χ0n) is 14.4. The molecule has 6 atom stereocenters. The van der Waals surface area contributed by atoms with Crippen LogP contribution in [0.4, 0.5) is 0 Å². The van der Waals surface area contributed by atoms with Gasteiger partial charge in [0.2, 0.25) is 0 Å². The molecule has 0 aromatic carbocycles. The summed E-state index contributed by atoms with van der Waals surface area (Å²) < 4.78 is 0. The molecular formula is C21H28O2. The topological polar surface area (TPSA) is 37.3 Å². The van der Waals surface area contributed by atoms with Gasteiger partial charge in [-0.1, -0.05) is 31.4 Å². The number of hydrogen-bond donors (Lipinski definition) is 1. The maximum Gasteiger partial charge on any atom is 0.136 e. The van der Waals surface area contributed by atoms with Crippen LogP contribution in [0.3, 0.4) is 0 Å². The second-order valence-electron chi connectivity index (χ2n) is 8.97. The van der Waals surface area contributed by atoms with Crippen LogP contribution in [0.25, 0.3) is 0 Å². The van der Waals surface area contributed by atoms with Crippen molar-refractivity contribution in [1.29, 1.82) is 0 Å².